The molecular formula is C9H14N2O. The van der Waals surface area contributed by atoms with Gasteiger partial charge in [0.2, 0.25) is 0 Å². The highest BCUT2D eigenvalue weighted by molar-refractivity contribution is 5.57. The van der Waals surface area contributed by atoms with Crippen molar-refractivity contribution < 1.29 is 5.11 Å². The molecule has 0 amide bonds. The Morgan fingerprint density at radius 2 is 2.08 bits per heavy atom. The number of nitrogen functional groups attached to an aromatic ring is 1. The molecule has 3 nitrogen and oxygen atoms in total. The maximum Gasteiger partial charge on any atom is 0.138 e. The van der Waals surface area contributed by atoms with Gasteiger partial charge in [-0.05, 0) is 31.0 Å². The lowest BCUT2D eigenvalue weighted by Crippen LogP contribution is -2.02. The third-order valence-corrected chi connectivity index (χ3v) is 1.82. The van der Waals surface area contributed by atoms with E-state index in [0.29, 0.717) is 12.2 Å². The minimum Gasteiger partial charge on any atom is -0.506 e. The van der Waals surface area contributed by atoms with E-state index < -0.39 is 0 Å². The molecule has 0 radical (unpaired) electrons. The molecule has 0 bridgehead atoms. The molecule has 12 heavy (non-hydrogen) atoms. The number of rotatable bonds is 3. The molecule has 0 aliphatic heterocycles. The summed E-state index contributed by atoms with van der Waals surface area (Å²) in [6, 6.07) is 5.28. The third kappa shape index (κ3) is 1.89. The van der Waals surface area contributed by atoms with E-state index in [1.54, 1.807) is 12.1 Å². The number of phenolic OH excluding ortho intramolecular Hbond substituents is 1. The van der Waals surface area contributed by atoms with Crippen LogP contribution < -0.4 is 11.5 Å². The third-order valence-electron chi connectivity index (χ3n) is 1.82. The quantitative estimate of drug-likeness (QED) is 0.460. The Morgan fingerprint density at radius 1 is 1.33 bits per heavy atom. The number of aromatic hydroxyl groups is 1. The normalized spacial score (nSPS) is 10.1. The van der Waals surface area contributed by atoms with Crippen LogP contribution in [0.5, 0.6) is 5.75 Å². The van der Waals surface area contributed by atoms with Gasteiger partial charge in [-0.25, -0.2) is 0 Å². The van der Waals surface area contributed by atoms with Crippen molar-refractivity contribution in [2.24, 2.45) is 5.73 Å². The number of aryl methyl sites for hydroxylation is 1. The molecule has 1 rings (SSSR count). The van der Waals surface area contributed by atoms with E-state index in [1.807, 2.05) is 6.07 Å². The van der Waals surface area contributed by atoms with Crippen LogP contribution in [-0.2, 0) is 6.42 Å². The number of para-hydroxylation sites is 1. The first-order valence-corrected chi connectivity index (χ1v) is 4.02. The van der Waals surface area contributed by atoms with Crippen molar-refractivity contribution in [2.75, 3.05) is 12.3 Å². The average molecular weight is 166 g/mol. The number of benzene rings is 1. The van der Waals surface area contributed by atoms with E-state index >= 15 is 0 Å². The van der Waals surface area contributed by atoms with Gasteiger partial charge in [-0.15, -0.1) is 0 Å². The van der Waals surface area contributed by atoms with Gasteiger partial charge in [0.25, 0.3) is 0 Å². The Labute approximate surface area is 72.0 Å². The van der Waals surface area contributed by atoms with Gasteiger partial charge in [0.05, 0.1) is 5.69 Å². The van der Waals surface area contributed by atoms with Crippen molar-refractivity contribution in [1.82, 2.24) is 0 Å². The maximum atomic E-state index is 9.24. The monoisotopic (exact) mass is 166 g/mol. The molecule has 0 fully saturated rings. The van der Waals surface area contributed by atoms with Crippen LogP contribution in [0, 0.1) is 0 Å². The Bertz CT molecular complexity index is 261. The molecule has 0 aromatic heterocycles. The molecule has 0 saturated carbocycles. The van der Waals surface area contributed by atoms with Gasteiger partial charge in [-0.3, -0.25) is 0 Å². The zero-order valence-electron chi connectivity index (χ0n) is 6.96. The Morgan fingerprint density at radius 3 is 2.75 bits per heavy atom. The Kier molecular flexibility index (Phi) is 2.94. The first-order chi connectivity index (χ1) is 5.75. The summed E-state index contributed by atoms with van der Waals surface area (Å²) in [6.07, 6.45) is 1.73. The summed E-state index contributed by atoms with van der Waals surface area (Å²) in [6.45, 7) is 0.648. The lowest BCUT2D eigenvalue weighted by Gasteiger charge is -2.05. The molecule has 1 aromatic carbocycles. The predicted molar refractivity (Wildman–Crippen MR) is 49.9 cm³/mol. The van der Waals surface area contributed by atoms with E-state index in [0.717, 1.165) is 18.4 Å². The molecule has 3 heteroatoms. The Balaban J connectivity index is 2.78. The van der Waals surface area contributed by atoms with Crippen LogP contribution in [0.4, 0.5) is 5.69 Å². The second-order valence-electron chi connectivity index (χ2n) is 2.74. The molecule has 0 atom stereocenters. The van der Waals surface area contributed by atoms with Crippen molar-refractivity contribution in [3.63, 3.8) is 0 Å². The molecule has 5 N–H and O–H groups in total. The summed E-state index contributed by atoms with van der Waals surface area (Å²) in [5.74, 6) is 0.157. The van der Waals surface area contributed by atoms with Crippen molar-refractivity contribution >= 4 is 5.69 Å². The van der Waals surface area contributed by atoms with Gasteiger partial charge in [-0.1, -0.05) is 12.1 Å². The van der Waals surface area contributed by atoms with E-state index in [4.69, 9.17) is 11.5 Å². The first-order valence-electron chi connectivity index (χ1n) is 4.02. The molecule has 0 aliphatic rings. The molecule has 1 aromatic rings. The highest BCUT2D eigenvalue weighted by Crippen LogP contribution is 2.23. The summed E-state index contributed by atoms with van der Waals surface area (Å²) in [7, 11) is 0. The summed E-state index contributed by atoms with van der Waals surface area (Å²) >= 11 is 0. The molecule has 0 spiro atoms. The molecule has 0 aliphatic carbocycles. The largest absolute Gasteiger partial charge is 0.506 e. The Hall–Kier alpha value is -1.22. The van der Waals surface area contributed by atoms with Crippen molar-refractivity contribution in [1.29, 1.82) is 0 Å². The number of nitrogens with two attached hydrogens (primary N) is 2. The first kappa shape index (κ1) is 8.87. The number of phenols is 1. The van der Waals surface area contributed by atoms with Crippen LogP contribution in [0.2, 0.25) is 0 Å². The maximum absolute atomic E-state index is 9.24. The summed E-state index contributed by atoms with van der Waals surface area (Å²) in [5.41, 5.74) is 12.4. The van der Waals surface area contributed by atoms with Gasteiger partial charge in [0.1, 0.15) is 5.75 Å². The highest BCUT2D eigenvalue weighted by Gasteiger charge is 2.01. The fourth-order valence-electron chi connectivity index (χ4n) is 1.11. The standard InChI is InChI=1S/C9H14N2O/c10-6-2-4-7-3-1-5-8(12)9(7)11/h1,3,5,12H,2,4,6,10-11H2. The van der Waals surface area contributed by atoms with Gasteiger partial charge in [-0.2, -0.15) is 0 Å². The average Bonchev–Trinajstić information content (AvgIpc) is 2.08. The number of anilines is 1. The smallest absolute Gasteiger partial charge is 0.138 e. The number of hydrogen-bond acceptors (Lipinski definition) is 3. The SMILES string of the molecule is NCCCc1cccc(O)c1N. The lowest BCUT2D eigenvalue weighted by atomic mass is 10.1. The van der Waals surface area contributed by atoms with Crippen LogP contribution in [0.15, 0.2) is 18.2 Å². The van der Waals surface area contributed by atoms with Crippen LogP contribution in [0.1, 0.15) is 12.0 Å². The van der Waals surface area contributed by atoms with Gasteiger partial charge in [0, 0.05) is 0 Å². The highest BCUT2D eigenvalue weighted by atomic mass is 16.3. The van der Waals surface area contributed by atoms with Gasteiger partial charge >= 0.3 is 0 Å². The number of hydrogen-bond donors (Lipinski definition) is 3. The molecule has 66 valence electrons. The minimum absolute atomic E-state index is 0.157. The van der Waals surface area contributed by atoms with E-state index in [9.17, 15) is 5.11 Å². The summed E-state index contributed by atoms with van der Waals surface area (Å²) in [4.78, 5) is 0. The van der Waals surface area contributed by atoms with Crippen molar-refractivity contribution in [2.45, 2.75) is 12.8 Å². The van der Waals surface area contributed by atoms with Gasteiger partial charge < -0.3 is 16.6 Å². The lowest BCUT2D eigenvalue weighted by molar-refractivity contribution is 0.477. The minimum atomic E-state index is 0.157. The molecule has 0 saturated heterocycles. The molecule has 0 heterocycles. The second-order valence-corrected chi connectivity index (χ2v) is 2.74. The topological polar surface area (TPSA) is 72.3 Å². The van der Waals surface area contributed by atoms with Crippen LogP contribution in [0.25, 0.3) is 0 Å². The van der Waals surface area contributed by atoms with Crippen LogP contribution in [0.3, 0.4) is 0 Å². The van der Waals surface area contributed by atoms with Gasteiger partial charge in [0.15, 0.2) is 0 Å². The summed E-state index contributed by atoms with van der Waals surface area (Å²) < 4.78 is 0. The van der Waals surface area contributed by atoms with E-state index in [1.165, 1.54) is 0 Å². The van der Waals surface area contributed by atoms with E-state index in [-0.39, 0.29) is 5.75 Å². The van der Waals surface area contributed by atoms with Crippen LogP contribution in [-0.4, -0.2) is 11.7 Å². The molecule has 0 unspecified atom stereocenters. The molecular weight excluding hydrogens is 152 g/mol. The second kappa shape index (κ2) is 3.97. The zero-order chi connectivity index (χ0) is 8.97. The van der Waals surface area contributed by atoms with Crippen molar-refractivity contribution in [3.8, 4) is 5.75 Å². The zero-order valence-corrected chi connectivity index (χ0v) is 6.96. The predicted octanol–water partition coefficient (Wildman–Crippen LogP) is 0.866. The van der Waals surface area contributed by atoms with Crippen molar-refractivity contribution in [3.05, 3.63) is 23.8 Å². The fraction of sp³-hybridized carbons (Fsp3) is 0.333. The fourth-order valence-corrected chi connectivity index (χ4v) is 1.11. The summed E-state index contributed by atoms with van der Waals surface area (Å²) in [5, 5.41) is 9.24. The van der Waals surface area contributed by atoms with Crippen LogP contribution >= 0.6 is 0 Å². The van der Waals surface area contributed by atoms with E-state index in [2.05, 4.69) is 0 Å².